The molecule has 1 rings (SSSR count). The summed E-state index contributed by atoms with van der Waals surface area (Å²) in [5.74, 6) is -0.795. The van der Waals surface area contributed by atoms with E-state index in [0.29, 0.717) is 5.92 Å². The number of hydrogen-bond acceptors (Lipinski definition) is 4. The van der Waals surface area contributed by atoms with Crippen LogP contribution in [0.4, 0.5) is 18.3 Å². The highest BCUT2D eigenvalue weighted by Crippen LogP contribution is 2.29. The summed E-state index contributed by atoms with van der Waals surface area (Å²) in [4.78, 5) is 3.39. The number of rotatable bonds is 4. The Labute approximate surface area is 104 Å². The predicted molar refractivity (Wildman–Crippen MR) is 61.0 cm³/mol. The van der Waals surface area contributed by atoms with E-state index in [-0.39, 0.29) is 11.2 Å². The summed E-state index contributed by atoms with van der Waals surface area (Å²) in [7, 11) is 0. The minimum Gasteiger partial charge on any atom is -0.358 e. The minimum absolute atomic E-state index is 0.0356. The van der Waals surface area contributed by atoms with Crippen LogP contribution >= 0.6 is 27.5 Å². The molecular formula is C8H11BrF3N3S. The first-order valence-electron chi connectivity index (χ1n) is 4.58. The fraction of sp³-hybridized carbons (Fsp3) is 0.750. The van der Waals surface area contributed by atoms with Crippen LogP contribution < -0.4 is 5.32 Å². The Bertz CT molecular complexity index is 342. The number of nitrogens with one attached hydrogen (secondary N) is 1. The highest BCUT2D eigenvalue weighted by atomic mass is 79.9. The van der Waals surface area contributed by atoms with E-state index in [1.807, 2.05) is 13.8 Å². The molecule has 0 fully saturated rings. The normalized spacial score (nSPS) is 15.9. The Morgan fingerprint density at radius 2 is 2.06 bits per heavy atom. The van der Waals surface area contributed by atoms with Gasteiger partial charge in [-0.1, -0.05) is 22.9 Å². The van der Waals surface area contributed by atoms with Crippen molar-refractivity contribution >= 4 is 32.6 Å². The molecule has 0 radical (unpaired) electrons. The van der Waals surface area contributed by atoms with Crippen molar-refractivity contribution in [1.82, 2.24) is 9.36 Å². The standard InChI is InChI=1S/C8H11BrF3N3S/c1-4(3-9)5(2)13-7-14-6(15-16-7)8(10,11)12/h4-5H,3H2,1-2H3,(H,13,14,15). The molecule has 16 heavy (non-hydrogen) atoms. The molecule has 92 valence electrons. The van der Waals surface area contributed by atoms with Crippen molar-refractivity contribution in [2.24, 2.45) is 5.92 Å². The molecule has 1 aromatic rings. The molecule has 3 nitrogen and oxygen atoms in total. The van der Waals surface area contributed by atoms with E-state index in [9.17, 15) is 13.2 Å². The zero-order valence-electron chi connectivity index (χ0n) is 8.68. The van der Waals surface area contributed by atoms with Gasteiger partial charge in [0.1, 0.15) is 0 Å². The molecule has 0 aliphatic rings. The first-order chi connectivity index (χ1) is 7.34. The minimum atomic E-state index is -4.47. The lowest BCUT2D eigenvalue weighted by atomic mass is 10.1. The maximum absolute atomic E-state index is 12.2. The van der Waals surface area contributed by atoms with Gasteiger partial charge in [0.15, 0.2) is 0 Å². The van der Waals surface area contributed by atoms with Crippen LogP contribution in [-0.4, -0.2) is 20.7 Å². The number of nitrogens with zero attached hydrogens (tertiary/aromatic N) is 2. The lowest BCUT2D eigenvalue weighted by Crippen LogP contribution is -2.24. The van der Waals surface area contributed by atoms with Crippen LogP contribution in [0.3, 0.4) is 0 Å². The lowest BCUT2D eigenvalue weighted by Gasteiger charge is -2.17. The Hall–Kier alpha value is -0.370. The van der Waals surface area contributed by atoms with Gasteiger partial charge in [-0.15, -0.1) is 0 Å². The highest BCUT2D eigenvalue weighted by Gasteiger charge is 2.36. The molecule has 0 amide bonds. The van der Waals surface area contributed by atoms with Gasteiger partial charge in [0.05, 0.1) is 0 Å². The van der Waals surface area contributed by atoms with Crippen LogP contribution in [0.5, 0.6) is 0 Å². The summed E-state index contributed by atoms with van der Waals surface area (Å²) in [5.41, 5.74) is 0. The summed E-state index contributed by atoms with van der Waals surface area (Å²) in [6.07, 6.45) is -4.47. The second kappa shape index (κ2) is 5.31. The molecule has 0 aromatic carbocycles. The maximum Gasteiger partial charge on any atom is 0.452 e. The number of hydrogen-bond donors (Lipinski definition) is 1. The van der Waals surface area contributed by atoms with E-state index in [2.05, 4.69) is 30.6 Å². The van der Waals surface area contributed by atoms with Crippen LogP contribution in [0, 0.1) is 5.92 Å². The smallest absolute Gasteiger partial charge is 0.358 e. The molecule has 2 unspecified atom stereocenters. The Balaban J connectivity index is 2.66. The molecule has 0 saturated carbocycles. The SMILES string of the molecule is CC(CBr)C(C)Nc1nc(C(F)(F)F)ns1. The monoisotopic (exact) mass is 317 g/mol. The van der Waals surface area contributed by atoms with E-state index in [1.54, 1.807) is 0 Å². The van der Waals surface area contributed by atoms with Crippen molar-refractivity contribution in [2.45, 2.75) is 26.1 Å². The highest BCUT2D eigenvalue weighted by molar-refractivity contribution is 9.09. The van der Waals surface area contributed by atoms with Gasteiger partial charge in [-0.3, -0.25) is 0 Å². The van der Waals surface area contributed by atoms with Crippen molar-refractivity contribution in [2.75, 3.05) is 10.6 Å². The van der Waals surface area contributed by atoms with Crippen LogP contribution in [0.1, 0.15) is 19.7 Å². The molecule has 1 heterocycles. The Morgan fingerprint density at radius 1 is 1.44 bits per heavy atom. The van der Waals surface area contributed by atoms with E-state index in [1.165, 1.54) is 0 Å². The molecular weight excluding hydrogens is 307 g/mol. The van der Waals surface area contributed by atoms with Crippen LogP contribution in [0.25, 0.3) is 0 Å². The molecule has 0 saturated heterocycles. The first kappa shape index (κ1) is 13.7. The summed E-state index contributed by atoms with van der Waals surface area (Å²) in [6, 6.07) is 0.0356. The van der Waals surface area contributed by atoms with Crippen molar-refractivity contribution in [1.29, 1.82) is 0 Å². The van der Waals surface area contributed by atoms with Gasteiger partial charge >= 0.3 is 6.18 Å². The summed E-state index contributed by atoms with van der Waals surface area (Å²) >= 11 is 4.04. The van der Waals surface area contributed by atoms with Crippen molar-refractivity contribution in [3.05, 3.63) is 5.82 Å². The third-order valence-electron chi connectivity index (χ3n) is 2.13. The van der Waals surface area contributed by atoms with Crippen molar-refractivity contribution in [3.63, 3.8) is 0 Å². The van der Waals surface area contributed by atoms with Gasteiger partial charge < -0.3 is 5.32 Å². The Morgan fingerprint density at radius 3 is 2.50 bits per heavy atom. The number of alkyl halides is 4. The van der Waals surface area contributed by atoms with E-state index < -0.39 is 12.0 Å². The fourth-order valence-electron chi connectivity index (χ4n) is 0.868. The van der Waals surface area contributed by atoms with E-state index in [0.717, 1.165) is 16.9 Å². The zero-order chi connectivity index (χ0) is 12.3. The average molecular weight is 318 g/mol. The predicted octanol–water partition coefficient (Wildman–Crippen LogP) is 3.39. The number of halogens is 4. The zero-order valence-corrected chi connectivity index (χ0v) is 11.1. The second-order valence-electron chi connectivity index (χ2n) is 3.49. The van der Waals surface area contributed by atoms with Crippen molar-refractivity contribution in [3.8, 4) is 0 Å². The third-order valence-corrected chi connectivity index (χ3v) is 3.80. The summed E-state index contributed by atoms with van der Waals surface area (Å²) in [6.45, 7) is 3.87. The third kappa shape index (κ3) is 3.58. The second-order valence-corrected chi connectivity index (χ2v) is 4.88. The fourth-order valence-corrected chi connectivity index (χ4v) is 2.11. The lowest BCUT2D eigenvalue weighted by molar-refractivity contribution is -0.144. The van der Waals surface area contributed by atoms with Gasteiger partial charge in [-0.25, -0.2) is 0 Å². The largest absolute Gasteiger partial charge is 0.452 e. The van der Waals surface area contributed by atoms with E-state index >= 15 is 0 Å². The maximum atomic E-state index is 12.2. The quantitative estimate of drug-likeness (QED) is 0.865. The van der Waals surface area contributed by atoms with Gasteiger partial charge in [0.25, 0.3) is 0 Å². The van der Waals surface area contributed by atoms with Gasteiger partial charge in [0, 0.05) is 22.9 Å². The molecule has 0 aliphatic carbocycles. The average Bonchev–Trinajstić information content (AvgIpc) is 2.64. The van der Waals surface area contributed by atoms with Crippen LogP contribution in [0.2, 0.25) is 0 Å². The molecule has 2 atom stereocenters. The van der Waals surface area contributed by atoms with Gasteiger partial charge in [-0.05, 0) is 12.8 Å². The topological polar surface area (TPSA) is 37.8 Å². The van der Waals surface area contributed by atoms with E-state index in [4.69, 9.17) is 0 Å². The number of aromatic nitrogens is 2. The Kier molecular flexibility index (Phi) is 4.54. The molecule has 0 spiro atoms. The van der Waals surface area contributed by atoms with Crippen LogP contribution in [-0.2, 0) is 6.18 Å². The molecule has 0 bridgehead atoms. The molecule has 8 heteroatoms. The molecule has 1 N–H and O–H groups in total. The van der Waals surface area contributed by atoms with Gasteiger partial charge in [0.2, 0.25) is 11.0 Å². The molecule has 0 aliphatic heterocycles. The first-order valence-corrected chi connectivity index (χ1v) is 6.47. The van der Waals surface area contributed by atoms with Crippen molar-refractivity contribution < 1.29 is 13.2 Å². The molecule has 1 aromatic heterocycles. The summed E-state index contributed by atoms with van der Waals surface area (Å²) < 4.78 is 39.9. The van der Waals surface area contributed by atoms with Crippen LogP contribution in [0.15, 0.2) is 0 Å². The summed E-state index contributed by atoms with van der Waals surface area (Å²) in [5, 5.41) is 3.87. The number of anilines is 1. The van der Waals surface area contributed by atoms with Gasteiger partial charge in [-0.2, -0.15) is 22.5 Å².